The van der Waals surface area contributed by atoms with Crippen molar-refractivity contribution in [1.29, 1.82) is 0 Å². The zero-order valence-electron chi connectivity index (χ0n) is 15.5. The Morgan fingerprint density at radius 1 is 1.04 bits per heavy atom. The number of benzene rings is 2. The molecular formula is C21H23BrN2O2. The van der Waals surface area contributed by atoms with E-state index in [9.17, 15) is 0 Å². The van der Waals surface area contributed by atoms with Crippen molar-refractivity contribution in [2.45, 2.75) is 26.3 Å². The number of hydrogen-bond donors (Lipinski definition) is 2. The summed E-state index contributed by atoms with van der Waals surface area (Å²) in [5.74, 6) is 1.59. The molecule has 1 aliphatic rings. The lowest BCUT2D eigenvalue weighted by atomic mass is 9.92. The van der Waals surface area contributed by atoms with E-state index >= 15 is 0 Å². The predicted molar refractivity (Wildman–Crippen MR) is 109 cm³/mol. The van der Waals surface area contributed by atoms with Crippen LogP contribution >= 0.6 is 15.9 Å². The fourth-order valence-electron chi connectivity index (χ4n) is 4.15. The molecule has 0 aliphatic carbocycles. The van der Waals surface area contributed by atoms with Crippen molar-refractivity contribution in [2.75, 3.05) is 20.8 Å². The number of fused-ring (bicyclic) bond motifs is 3. The van der Waals surface area contributed by atoms with Gasteiger partial charge in [0.1, 0.15) is 11.5 Å². The molecule has 5 heteroatoms. The van der Waals surface area contributed by atoms with E-state index < -0.39 is 0 Å². The first kappa shape index (κ1) is 17.4. The first-order valence-corrected chi connectivity index (χ1v) is 9.59. The molecule has 0 spiro atoms. The quantitative estimate of drug-likeness (QED) is 0.646. The highest BCUT2D eigenvalue weighted by Crippen LogP contribution is 2.41. The molecule has 4 rings (SSSR count). The Kier molecular flexibility index (Phi) is 4.45. The van der Waals surface area contributed by atoms with Crippen LogP contribution in [-0.4, -0.2) is 25.7 Å². The first-order chi connectivity index (χ1) is 12.5. The van der Waals surface area contributed by atoms with Gasteiger partial charge in [0.05, 0.1) is 24.7 Å². The van der Waals surface area contributed by atoms with Crippen LogP contribution < -0.4 is 14.8 Å². The van der Waals surface area contributed by atoms with E-state index in [2.05, 4.69) is 58.3 Å². The number of rotatable bonds is 3. The van der Waals surface area contributed by atoms with Gasteiger partial charge in [0.2, 0.25) is 0 Å². The Morgan fingerprint density at radius 3 is 2.54 bits per heavy atom. The highest BCUT2D eigenvalue weighted by Gasteiger charge is 2.28. The third-order valence-electron chi connectivity index (χ3n) is 5.20. The predicted octanol–water partition coefficient (Wildman–Crippen LogP) is 4.80. The molecule has 1 aromatic heterocycles. The fourth-order valence-corrected chi connectivity index (χ4v) is 4.67. The summed E-state index contributed by atoms with van der Waals surface area (Å²) in [5, 5.41) is 5.02. The van der Waals surface area contributed by atoms with E-state index in [4.69, 9.17) is 9.47 Å². The number of aromatic amines is 1. The highest BCUT2D eigenvalue weighted by atomic mass is 79.9. The van der Waals surface area contributed by atoms with Gasteiger partial charge in [0.25, 0.3) is 0 Å². The van der Waals surface area contributed by atoms with E-state index in [-0.39, 0.29) is 6.04 Å². The van der Waals surface area contributed by atoms with Crippen molar-refractivity contribution >= 4 is 26.8 Å². The van der Waals surface area contributed by atoms with Crippen molar-refractivity contribution in [3.8, 4) is 11.5 Å². The Balaban J connectivity index is 1.92. The van der Waals surface area contributed by atoms with E-state index in [1.165, 1.54) is 33.3 Å². The Hall–Kier alpha value is -1.98. The summed E-state index contributed by atoms with van der Waals surface area (Å²) in [7, 11) is 3.37. The lowest BCUT2D eigenvalue weighted by Gasteiger charge is -2.27. The van der Waals surface area contributed by atoms with Gasteiger partial charge in [0.15, 0.2) is 0 Å². The molecule has 3 aromatic rings. The second-order valence-corrected chi connectivity index (χ2v) is 7.74. The molecular weight excluding hydrogens is 392 g/mol. The van der Waals surface area contributed by atoms with Gasteiger partial charge in [-0.25, -0.2) is 0 Å². The molecule has 0 radical (unpaired) electrons. The summed E-state index contributed by atoms with van der Waals surface area (Å²) < 4.78 is 12.0. The lowest BCUT2D eigenvalue weighted by molar-refractivity contribution is 0.384. The van der Waals surface area contributed by atoms with Crippen molar-refractivity contribution in [2.24, 2.45) is 0 Å². The van der Waals surface area contributed by atoms with Crippen LogP contribution in [0.4, 0.5) is 0 Å². The largest absolute Gasteiger partial charge is 0.496 e. The molecule has 2 aromatic carbocycles. The molecule has 0 amide bonds. The van der Waals surface area contributed by atoms with Crippen LogP contribution in [0.5, 0.6) is 11.5 Å². The maximum atomic E-state index is 5.67. The molecule has 1 aliphatic heterocycles. The lowest BCUT2D eigenvalue weighted by Crippen LogP contribution is -2.30. The molecule has 136 valence electrons. The summed E-state index contributed by atoms with van der Waals surface area (Å²) in [6.07, 6.45) is 1.02. The van der Waals surface area contributed by atoms with Gasteiger partial charge in [-0.05, 0) is 65.0 Å². The SMILES string of the molecule is COc1cc(OC)c(C2NCCc3c2[nH]c2cc(C)cc(C)c32)cc1Br. The second kappa shape index (κ2) is 6.63. The fraction of sp³-hybridized carbons (Fsp3) is 0.333. The number of nitrogens with one attached hydrogen (secondary N) is 2. The van der Waals surface area contributed by atoms with Crippen LogP contribution in [0.1, 0.15) is 34.0 Å². The average Bonchev–Trinajstić information content (AvgIpc) is 2.99. The molecule has 0 saturated carbocycles. The van der Waals surface area contributed by atoms with Crippen LogP contribution in [0.15, 0.2) is 28.7 Å². The molecule has 2 heterocycles. The van der Waals surface area contributed by atoms with Crippen LogP contribution in [0.25, 0.3) is 10.9 Å². The highest BCUT2D eigenvalue weighted by molar-refractivity contribution is 9.10. The van der Waals surface area contributed by atoms with Crippen LogP contribution in [-0.2, 0) is 6.42 Å². The molecule has 1 unspecified atom stereocenters. The summed E-state index contributed by atoms with van der Waals surface area (Å²) in [4.78, 5) is 3.68. The minimum Gasteiger partial charge on any atom is -0.496 e. The minimum absolute atomic E-state index is 0.0583. The summed E-state index contributed by atoms with van der Waals surface area (Å²) >= 11 is 3.61. The average molecular weight is 415 g/mol. The molecule has 1 atom stereocenters. The number of aryl methyl sites for hydroxylation is 2. The van der Waals surface area contributed by atoms with Crippen LogP contribution in [0.2, 0.25) is 0 Å². The summed E-state index contributed by atoms with van der Waals surface area (Å²) in [5.41, 5.74) is 7.57. The van der Waals surface area contributed by atoms with Gasteiger partial charge in [-0.3, -0.25) is 0 Å². The zero-order chi connectivity index (χ0) is 18.4. The third kappa shape index (κ3) is 2.70. The molecule has 2 N–H and O–H groups in total. The second-order valence-electron chi connectivity index (χ2n) is 6.89. The minimum atomic E-state index is 0.0583. The Labute approximate surface area is 162 Å². The number of H-pyrrole nitrogens is 1. The first-order valence-electron chi connectivity index (χ1n) is 8.80. The van der Waals surface area contributed by atoms with E-state index in [1.807, 2.05) is 6.07 Å². The molecule has 26 heavy (non-hydrogen) atoms. The molecule has 4 nitrogen and oxygen atoms in total. The van der Waals surface area contributed by atoms with Crippen molar-refractivity contribution in [3.63, 3.8) is 0 Å². The number of halogens is 1. The maximum Gasteiger partial charge on any atom is 0.136 e. The van der Waals surface area contributed by atoms with Crippen LogP contribution in [0.3, 0.4) is 0 Å². The van der Waals surface area contributed by atoms with Crippen molar-refractivity contribution in [3.05, 3.63) is 56.7 Å². The van der Waals surface area contributed by atoms with E-state index in [1.54, 1.807) is 14.2 Å². The topological polar surface area (TPSA) is 46.3 Å². The van der Waals surface area contributed by atoms with Gasteiger partial charge in [-0.2, -0.15) is 0 Å². The van der Waals surface area contributed by atoms with Crippen molar-refractivity contribution in [1.82, 2.24) is 10.3 Å². The Morgan fingerprint density at radius 2 is 1.81 bits per heavy atom. The van der Waals surface area contributed by atoms with Gasteiger partial charge < -0.3 is 19.8 Å². The van der Waals surface area contributed by atoms with Gasteiger partial charge in [-0.15, -0.1) is 0 Å². The van der Waals surface area contributed by atoms with Crippen LogP contribution in [0, 0.1) is 13.8 Å². The van der Waals surface area contributed by atoms with Crippen molar-refractivity contribution < 1.29 is 9.47 Å². The maximum absolute atomic E-state index is 5.67. The number of methoxy groups -OCH3 is 2. The Bertz CT molecular complexity index is 994. The molecule has 0 bridgehead atoms. The van der Waals surface area contributed by atoms with Gasteiger partial charge >= 0.3 is 0 Å². The summed E-state index contributed by atoms with van der Waals surface area (Å²) in [6, 6.07) is 8.58. The normalized spacial score (nSPS) is 16.6. The smallest absolute Gasteiger partial charge is 0.136 e. The zero-order valence-corrected chi connectivity index (χ0v) is 17.1. The number of ether oxygens (including phenoxy) is 2. The molecule has 0 fully saturated rings. The monoisotopic (exact) mass is 414 g/mol. The molecule has 0 saturated heterocycles. The number of hydrogen-bond acceptors (Lipinski definition) is 3. The third-order valence-corrected chi connectivity index (χ3v) is 5.82. The van der Waals surface area contributed by atoms with Gasteiger partial charge in [0, 0.05) is 34.8 Å². The van der Waals surface area contributed by atoms with Gasteiger partial charge in [-0.1, -0.05) is 6.07 Å². The number of aromatic nitrogens is 1. The van der Waals surface area contributed by atoms with E-state index in [0.717, 1.165) is 34.5 Å². The summed E-state index contributed by atoms with van der Waals surface area (Å²) in [6.45, 7) is 5.28. The standard InChI is InChI=1S/C21H23BrN2O2/c1-11-7-12(2)19-13-5-6-23-20(21(13)24-16(19)8-11)14-9-15(22)18(26-4)10-17(14)25-3/h7-10,20,23-24H,5-6H2,1-4H3. The van der Waals surface area contributed by atoms with E-state index in [0.29, 0.717) is 0 Å².